The van der Waals surface area contributed by atoms with E-state index in [4.69, 9.17) is 9.15 Å². The molecule has 0 bridgehead atoms. The average molecular weight is 529 g/mol. The van der Waals surface area contributed by atoms with Gasteiger partial charge in [-0.1, -0.05) is 62.6 Å². The number of nitrogens with one attached hydrogen (secondary N) is 1. The fourth-order valence-corrected chi connectivity index (χ4v) is 5.82. The van der Waals surface area contributed by atoms with E-state index in [9.17, 15) is 9.59 Å². The number of rotatable bonds is 9. The molecule has 2 aliphatic rings. The molecule has 1 atom stereocenters. The molecule has 2 heterocycles. The zero-order valence-corrected chi connectivity index (χ0v) is 23.4. The van der Waals surface area contributed by atoms with Gasteiger partial charge in [0, 0.05) is 19.0 Å². The molecule has 206 valence electrons. The van der Waals surface area contributed by atoms with E-state index in [1.54, 1.807) is 12.1 Å². The molecular weight excluding hydrogens is 488 g/mol. The molecule has 1 fully saturated rings. The summed E-state index contributed by atoms with van der Waals surface area (Å²) in [5, 5.41) is 2.90. The number of aryl methyl sites for hydroxylation is 1. The summed E-state index contributed by atoms with van der Waals surface area (Å²) in [7, 11) is 0. The van der Waals surface area contributed by atoms with Crippen molar-refractivity contribution in [2.75, 3.05) is 13.1 Å². The highest BCUT2D eigenvalue weighted by atomic mass is 16.5. The van der Waals surface area contributed by atoms with Gasteiger partial charge in [0.25, 0.3) is 5.91 Å². The van der Waals surface area contributed by atoms with Crippen molar-refractivity contribution in [3.63, 3.8) is 0 Å². The Labute approximate surface area is 231 Å². The van der Waals surface area contributed by atoms with Crippen LogP contribution in [0, 0.1) is 18.8 Å². The molecule has 1 aliphatic carbocycles. The van der Waals surface area contributed by atoms with E-state index in [0.717, 1.165) is 61.9 Å². The van der Waals surface area contributed by atoms with E-state index in [1.807, 2.05) is 6.07 Å². The van der Waals surface area contributed by atoms with Crippen LogP contribution in [-0.4, -0.2) is 29.8 Å². The lowest BCUT2D eigenvalue weighted by Gasteiger charge is -2.39. The highest BCUT2D eigenvalue weighted by Gasteiger charge is 2.36. The molecule has 39 heavy (non-hydrogen) atoms. The summed E-state index contributed by atoms with van der Waals surface area (Å²) in [5.41, 5.74) is 4.70. The summed E-state index contributed by atoms with van der Waals surface area (Å²) in [5.74, 6) is 2.35. The zero-order chi connectivity index (χ0) is 27.4. The van der Waals surface area contributed by atoms with Crippen LogP contribution in [0.15, 0.2) is 59.0 Å². The molecule has 2 aromatic carbocycles. The van der Waals surface area contributed by atoms with Gasteiger partial charge in [-0.15, -0.1) is 0 Å². The SMILES string of the molecule is Cc1cccc(C2c3cc(OCc4ccc(C(=O)NCCC(C)C)o4)ccc3CCN2C(=O)C2CCCC2)c1. The second-order valence-electron chi connectivity index (χ2n) is 11.4. The lowest BCUT2D eigenvalue weighted by atomic mass is 9.86. The summed E-state index contributed by atoms with van der Waals surface area (Å²) in [6.07, 6.45) is 6.03. The highest BCUT2D eigenvalue weighted by Crippen LogP contribution is 2.40. The van der Waals surface area contributed by atoms with Crippen molar-refractivity contribution >= 4 is 11.8 Å². The summed E-state index contributed by atoms with van der Waals surface area (Å²) >= 11 is 0. The third kappa shape index (κ3) is 6.38. The van der Waals surface area contributed by atoms with Gasteiger partial charge in [-0.2, -0.15) is 0 Å². The predicted octanol–water partition coefficient (Wildman–Crippen LogP) is 6.61. The largest absolute Gasteiger partial charge is 0.486 e. The first-order valence-electron chi connectivity index (χ1n) is 14.4. The normalized spacial score (nSPS) is 17.3. The van der Waals surface area contributed by atoms with Crippen molar-refractivity contribution in [3.05, 3.63) is 88.4 Å². The summed E-state index contributed by atoms with van der Waals surface area (Å²) in [4.78, 5) is 28.2. The van der Waals surface area contributed by atoms with Crippen LogP contribution in [-0.2, 0) is 17.8 Å². The monoisotopic (exact) mass is 528 g/mol. The van der Waals surface area contributed by atoms with Crippen molar-refractivity contribution in [3.8, 4) is 5.75 Å². The van der Waals surface area contributed by atoms with Crippen LogP contribution < -0.4 is 10.1 Å². The quantitative estimate of drug-likeness (QED) is 0.339. The number of ether oxygens (including phenoxy) is 1. The maximum Gasteiger partial charge on any atom is 0.286 e. The highest BCUT2D eigenvalue weighted by molar-refractivity contribution is 5.91. The Kier molecular flexibility index (Phi) is 8.39. The van der Waals surface area contributed by atoms with Crippen molar-refractivity contribution in [1.82, 2.24) is 10.2 Å². The number of nitrogens with zero attached hydrogens (tertiary/aromatic N) is 1. The van der Waals surface area contributed by atoms with Crippen molar-refractivity contribution < 1.29 is 18.7 Å². The Morgan fingerprint density at radius 2 is 1.90 bits per heavy atom. The Morgan fingerprint density at radius 1 is 1.08 bits per heavy atom. The van der Waals surface area contributed by atoms with Crippen LogP contribution in [0.2, 0.25) is 0 Å². The van der Waals surface area contributed by atoms with Crippen molar-refractivity contribution in [2.24, 2.45) is 11.8 Å². The van der Waals surface area contributed by atoms with Gasteiger partial charge >= 0.3 is 0 Å². The van der Waals surface area contributed by atoms with Gasteiger partial charge in [0.05, 0.1) is 6.04 Å². The van der Waals surface area contributed by atoms with Crippen LogP contribution in [0.5, 0.6) is 5.75 Å². The maximum absolute atomic E-state index is 13.7. The lowest BCUT2D eigenvalue weighted by Crippen LogP contribution is -2.43. The van der Waals surface area contributed by atoms with Crippen LogP contribution in [0.1, 0.15) is 90.6 Å². The van der Waals surface area contributed by atoms with Crippen LogP contribution >= 0.6 is 0 Å². The van der Waals surface area contributed by atoms with E-state index < -0.39 is 0 Å². The standard InChI is InChI=1S/C33H40N2O4/c1-22(2)15-17-34-32(36)30-14-13-28(39-30)21-38-27-12-11-24-16-18-35(33(37)25-8-4-5-9-25)31(29(24)20-27)26-10-6-7-23(3)19-26/h6-7,10-14,19-20,22,25,31H,4-5,8-9,15-18,21H2,1-3H3,(H,34,36). The van der Waals surface area contributed by atoms with Gasteiger partial charge < -0.3 is 19.4 Å². The Balaban J connectivity index is 1.34. The molecule has 1 aliphatic heterocycles. The lowest BCUT2D eigenvalue weighted by molar-refractivity contribution is -0.137. The number of carbonyl (C=O) groups excluding carboxylic acids is 2. The number of furan rings is 1. The molecule has 1 saturated carbocycles. The molecule has 6 heteroatoms. The molecule has 0 radical (unpaired) electrons. The summed E-state index contributed by atoms with van der Waals surface area (Å²) in [6, 6.07) is 18.0. The predicted molar refractivity (Wildman–Crippen MR) is 152 cm³/mol. The number of hydrogen-bond donors (Lipinski definition) is 1. The molecule has 0 saturated heterocycles. The molecular formula is C33H40N2O4. The summed E-state index contributed by atoms with van der Waals surface area (Å²) < 4.78 is 11.9. The minimum Gasteiger partial charge on any atom is -0.486 e. The summed E-state index contributed by atoms with van der Waals surface area (Å²) in [6.45, 7) is 7.93. The topological polar surface area (TPSA) is 71.8 Å². The minimum atomic E-state index is -0.205. The molecule has 6 nitrogen and oxygen atoms in total. The van der Waals surface area contributed by atoms with Gasteiger partial charge in [-0.05, 0) is 79.5 Å². The first kappa shape index (κ1) is 27.0. The van der Waals surface area contributed by atoms with Crippen LogP contribution in [0.25, 0.3) is 0 Å². The number of fused-ring (bicyclic) bond motifs is 1. The van der Waals surface area contributed by atoms with Crippen LogP contribution in [0.4, 0.5) is 0 Å². The Bertz CT molecular complexity index is 1300. The van der Waals surface area contributed by atoms with Gasteiger partial charge in [0.2, 0.25) is 5.91 Å². The smallest absolute Gasteiger partial charge is 0.286 e. The number of carbonyl (C=O) groups is 2. The Morgan fingerprint density at radius 3 is 2.67 bits per heavy atom. The van der Waals surface area contributed by atoms with Gasteiger partial charge in [0.15, 0.2) is 5.76 Å². The fraction of sp³-hybridized carbons (Fsp3) is 0.455. The first-order valence-corrected chi connectivity index (χ1v) is 14.4. The zero-order valence-electron chi connectivity index (χ0n) is 23.4. The van der Waals surface area contributed by atoms with Gasteiger partial charge in [-0.25, -0.2) is 0 Å². The van der Waals surface area contributed by atoms with E-state index in [2.05, 4.69) is 67.4 Å². The third-order valence-electron chi connectivity index (χ3n) is 7.96. The maximum atomic E-state index is 13.7. The van der Waals surface area contributed by atoms with Crippen LogP contribution in [0.3, 0.4) is 0 Å². The Hall–Kier alpha value is -3.54. The molecule has 3 aromatic rings. The molecule has 0 spiro atoms. The fourth-order valence-electron chi connectivity index (χ4n) is 5.82. The minimum absolute atomic E-state index is 0.130. The number of hydrogen-bond acceptors (Lipinski definition) is 4. The molecule has 5 rings (SSSR count). The van der Waals surface area contributed by atoms with E-state index >= 15 is 0 Å². The van der Waals surface area contributed by atoms with E-state index in [-0.39, 0.29) is 30.4 Å². The second kappa shape index (κ2) is 12.1. The van der Waals surface area contributed by atoms with E-state index in [0.29, 0.717) is 24.0 Å². The third-order valence-corrected chi connectivity index (χ3v) is 7.96. The number of benzene rings is 2. The van der Waals surface area contributed by atoms with Crippen molar-refractivity contribution in [2.45, 2.75) is 71.9 Å². The molecule has 1 N–H and O–H groups in total. The first-order chi connectivity index (χ1) is 18.9. The van der Waals surface area contributed by atoms with Gasteiger partial charge in [-0.3, -0.25) is 9.59 Å². The van der Waals surface area contributed by atoms with E-state index in [1.165, 1.54) is 11.1 Å². The van der Waals surface area contributed by atoms with Crippen molar-refractivity contribution in [1.29, 1.82) is 0 Å². The molecule has 1 unspecified atom stereocenters. The van der Waals surface area contributed by atoms with Gasteiger partial charge in [0.1, 0.15) is 18.1 Å². The average Bonchev–Trinajstić information content (AvgIpc) is 3.63. The second-order valence-corrected chi connectivity index (χ2v) is 11.4. The number of amides is 2. The molecule has 1 aromatic heterocycles. The molecule has 2 amide bonds.